The Bertz CT molecular complexity index is 575. The van der Waals surface area contributed by atoms with Crippen LogP contribution in [0.25, 0.3) is 0 Å². The second kappa shape index (κ2) is 5.84. The van der Waals surface area contributed by atoms with E-state index in [2.05, 4.69) is 88.9 Å². The quantitative estimate of drug-likeness (QED) is 0.682. The van der Waals surface area contributed by atoms with E-state index < -0.39 is 8.07 Å². The molecular weight excluding hydrogens is 270 g/mol. The molecule has 0 aliphatic carbocycles. The van der Waals surface area contributed by atoms with Crippen molar-refractivity contribution in [2.75, 3.05) is 7.05 Å². The normalized spacial score (nSPS) is 19.6. The van der Waals surface area contributed by atoms with Crippen molar-refractivity contribution in [2.24, 2.45) is 5.92 Å². The van der Waals surface area contributed by atoms with Crippen molar-refractivity contribution in [3.05, 3.63) is 58.4 Å². The van der Waals surface area contributed by atoms with Gasteiger partial charge in [-0.1, -0.05) is 63.8 Å². The number of hydrogen-bond donors (Lipinski definition) is 0. The molecule has 0 radical (unpaired) electrons. The maximum absolute atomic E-state index is 2.50. The number of aryl methyl sites for hydroxylation is 1. The molecule has 0 amide bonds. The van der Waals surface area contributed by atoms with Crippen LogP contribution in [0.3, 0.4) is 0 Å². The lowest BCUT2D eigenvalue weighted by atomic mass is 9.92. The minimum Gasteiger partial charge on any atom is -0.370 e. The minimum absolute atomic E-state index is 0.365. The maximum atomic E-state index is 2.50. The SMILES string of the molecule is Cc1ccccc1C1C=C(C(C)C)C([Si](C)(C)C)=CN1C. The molecule has 0 spiro atoms. The van der Waals surface area contributed by atoms with Crippen LogP contribution in [0, 0.1) is 12.8 Å². The highest BCUT2D eigenvalue weighted by Gasteiger charge is 2.30. The Morgan fingerprint density at radius 3 is 2.24 bits per heavy atom. The van der Waals surface area contributed by atoms with E-state index in [1.807, 2.05) is 0 Å². The first-order valence-corrected chi connectivity index (χ1v) is 11.4. The molecule has 0 N–H and O–H groups in total. The van der Waals surface area contributed by atoms with Gasteiger partial charge >= 0.3 is 0 Å². The van der Waals surface area contributed by atoms with Crippen molar-refractivity contribution in [3.63, 3.8) is 0 Å². The summed E-state index contributed by atoms with van der Waals surface area (Å²) in [5.41, 5.74) is 4.35. The van der Waals surface area contributed by atoms with Gasteiger partial charge in [0.15, 0.2) is 0 Å². The summed E-state index contributed by atoms with van der Waals surface area (Å²) in [5.74, 6) is 0.586. The fraction of sp³-hybridized carbons (Fsp3) is 0.474. The van der Waals surface area contributed by atoms with Gasteiger partial charge in [0.2, 0.25) is 0 Å². The zero-order chi connectivity index (χ0) is 15.8. The molecule has 1 atom stereocenters. The summed E-state index contributed by atoms with van der Waals surface area (Å²) in [6.45, 7) is 14.2. The molecule has 0 aromatic heterocycles. The molecule has 0 fully saturated rings. The van der Waals surface area contributed by atoms with Crippen LogP contribution in [-0.4, -0.2) is 20.0 Å². The summed E-state index contributed by atoms with van der Waals surface area (Å²) in [7, 11) is 0.896. The van der Waals surface area contributed by atoms with E-state index in [1.165, 1.54) is 11.1 Å². The van der Waals surface area contributed by atoms with Gasteiger partial charge in [0.1, 0.15) is 0 Å². The number of allylic oxidation sites excluding steroid dienone is 2. The molecule has 0 saturated carbocycles. The van der Waals surface area contributed by atoms with Crippen molar-refractivity contribution < 1.29 is 0 Å². The number of benzene rings is 1. The first-order chi connectivity index (χ1) is 9.71. The van der Waals surface area contributed by atoms with Crippen LogP contribution in [-0.2, 0) is 0 Å². The average molecular weight is 300 g/mol. The molecule has 2 rings (SSSR count). The Kier molecular flexibility index (Phi) is 4.48. The van der Waals surface area contributed by atoms with Gasteiger partial charge in [0, 0.05) is 7.05 Å². The summed E-state index contributed by atoms with van der Waals surface area (Å²) >= 11 is 0. The van der Waals surface area contributed by atoms with Crippen LogP contribution in [0.1, 0.15) is 31.0 Å². The first-order valence-electron chi connectivity index (χ1n) is 7.93. The van der Waals surface area contributed by atoms with E-state index in [9.17, 15) is 0 Å². The third kappa shape index (κ3) is 3.32. The molecule has 1 aliphatic heterocycles. The van der Waals surface area contributed by atoms with Crippen LogP contribution >= 0.6 is 0 Å². The maximum Gasteiger partial charge on any atom is 0.0798 e. The zero-order valence-corrected chi connectivity index (χ0v) is 15.6. The highest BCUT2D eigenvalue weighted by Crippen LogP contribution is 2.37. The van der Waals surface area contributed by atoms with Crippen LogP contribution in [0.4, 0.5) is 0 Å². The Morgan fingerprint density at radius 1 is 1.10 bits per heavy atom. The lowest BCUT2D eigenvalue weighted by Gasteiger charge is -2.37. The number of rotatable bonds is 3. The molecule has 0 saturated heterocycles. The average Bonchev–Trinajstić information content (AvgIpc) is 2.38. The van der Waals surface area contributed by atoms with Crippen molar-refractivity contribution in [1.82, 2.24) is 4.90 Å². The Morgan fingerprint density at radius 2 is 1.71 bits per heavy atom. The first kappa shape index (κ1) is 16.1. The van der Waals surface area contributed by atoms with E-state index in [0.29, 0.717) is 12.0 Å². The Balaban J connectivity index is 2.49. The molecule has 1 aromatic rings. The molecule has 21 heavy (non-hydrogen) atoms. The topological polar surface area (TPSA) is 3.24 Å². The van der Waals surface area contributed by atoms with E-state index in [-0.39, 0.29) is 0 Å². The highest BCUT2D eigenvalue weighted by atomic mass is 28.3. The standard InChI is InChI=1S/C19H29NSi/c1-14(2)17-12-18(16-11-9-8-10-15(16)3)20(4)13-19(17)21(5,6)7/h8-14,18H,1-7H3. The van der Waals surface area contributed by atoms with E-state index in [4.69, 9.17) is 0 Å². The van der Waals surface area contributed by atoms with Crippen molar-refractivity contribution in [3.8, 4) is 0 Å². The van der Waals surface area contributed by atoms with Crippen molar-refractivity contribution in [1.29, 1.82) is 0 Å². The number of hydrogen-bond acceptors (Lipinski definition) is 1. The smallest absolute Gasteiger partial charge is 0.0798 e. The minimum atomic E-state index is -1.32. The monoisotopic (exact) mass is 299 g/mol. The second-order valence-corrected chi connectivity index (χ2v) is 12.6. The van der Waals surface area contributed by atoms with Gasteiger partial charge in [-0.05, 0) is 40.9 Å². The van der Waals surface area contributed by atoms with Crippen LogP contribution < -0.4 is 0 Å². The number of nitrogens with zero attached hydrogens (tertiary/aromatic N) is 1. The molecule has 1 aliphatic rings. The fourth-order valence-electron chi connectivity index (χ4n) is 3.09. The third-order valence-corrected chi connectivity index (χ3v) is 6.39. The largest absolute Gasteiger partial charge is 0.370 e. The van der Waals surface area contributed by atoms with Gasteiger partial charge in [-0.3, -0.25) is 0 Å². The van der Waals surface area contributed by atoms with Gasteiger partial charge in [0.25, 0.3) is 0 Å². The van der Waals surface area contributed by atoms with Gasteiger partial charge in [-0.15, -0.1) is 0 Å². The Hall–Kier alpha value is -1.28. The molecule has 0 bridgehead atoms. The van der Waals surface area contributed by atoms with Crippen LogP contribution in [0.15, 0.2) is 47.3 Å². The van der Waals surface area contributed by atoms with Gasteiger partial charge in [-0.25, -0.2) is 0 Å². The van der Waals surface area contributed by atoms with Crippen molar-refractivity contribution >= 4 is 8.07 Å². The summed E-state index contributed by atoms with van der Waals surface area (Å²) < 4.78 is 0. The molecule has 114 valence electrons. The van der Waals surface area contributed by atoms with E-state index in [0.717, 1.165) is 0 Å². The van der Waals surface area contributed by atoms with E-state index >= 15 is 0 Å². The molecule has 2 heteroatoms. The predicted molar refractivity (Wildman–Crippen MR) is 96.0 cm³/mol. The molecule has 1 nitrogen and oxygen atoms in total. The summed E-state index contributed by atoms with van der Waals surface area (Å²) in [5, 5.41) is 1.60. The highest BCUT2D eigenvalue weighted by molar-refractivity contribution is 6.84. The summed E-state index contributed by atoms with van der Waals surface area (Å²) in [6, 6.07) is 9.11. The fourth-order valence-corrected chi connectivity index (χ4v) is 4.92. The molecule has 1 unspecified atom stereocenters. The molecule has 1 heterocycles. The summed E-state index contributed by atoms with van der Waals surface area (Å²) in [4.78, 5) is 2.39. The lowest BCUT2D eigenvalue weighted by Crippen LogP contribution is -2.33. The van der Waals surface area contributed by atoms with Crippen LogP contribution in [0.2, 0.25) is 19.6 Å². The zero-order valence-electron chi connectivity index (χ0n) is 14.6. The van der Waals surface area contributed by atoms with Gasteiger partial charge in [-0.2, -0.15) is 0 Å². The predicted octanol–water partition coefficient (Wildman–Crippen LogP) is 5.33. The van der Waals surface area contributed by atoms with Crippen molar-refractivity contribution in [2.45, 2.75) is 46.5 Å². The van der Waals surface area contributed by atoms with Gasteiger partial charge < -0.3 is 4.90 Å². The Labute approximate surface area is 131 Å². The summed E-state index contributed by atoms with van der Waals surface area (Å²) in [6.07, 6.45) is 4.92. The number of likely N-dealkylation sites (N-methyl/N-ethyl adjacent to an activating group) is 1. The van der Waals surface area contributed by atoms with E-state index in [1.54, 1.807) is 10.8 Å². The molecular formula is C19H29NSi. The van der Waals surface area contributed by atoms with Gasteiger partial charge in [0.05, 0.1) is 14.1 Å². The second-order valence-electron chi connectivity index (χ2n) is 7.54. The van der Waals surface area contributed by atoms with Crippen LogP contribution in [0.5, 0.6) is 0 Å². The third-order valence-electron chi connectivity index (χ3n) is 4.36. The lowest BCUT2D eigenvalue weighted by molar-refractivity contribution is 0.381. The molecule has 1 aromatic carbocycles.